The largest absolute Gasteiger partial charge is 0.322 e. The molecule has 0 aliphatic heterocycles. The van der Waals surface area contributed by atoms with Crippen LogP contribution in [0.25, 0.3) is 16.6 Å². The van der Waals surface area contributed by atoms with Crippen molar-refractivity contribution in [1.29, 1.82) is 0 Å². The molecule has 28 heavy (non-hydrogen) atoms. The van der Waals surface area contributed by atoms with Crippen LogP contribution in [0.5, 0.6) is 0 Å². The first-order chi connectivity index (χ1) is 13.5. The maximum absolute atomic E-state index is 12.9. The van der Waals surface area contributed by atoms with Gasteiger partial charge < -0.3 is 5.32 Å². The third-order valence-corrected chi connectivity index (χ3v) is 4.69. The highest BCUT2D eigenvalue weighted by Gasteiger charge is 2.10. The molecule has 5 nitrogen and oxygen atoms in total. The fourth-order valence-corrected chi connectivity index (χ4v) is 3.17. The lowest BCUT2D eigenvalue weighted by molar-refractivity contribution is 0.102. The van der Waals surface area contributed by atoms with Crippen molar-refractivity contribution in [2.24, 2.45) is 0 Å². The minimum atomic E-state index is -0.231. The lowest BCUT2D eigenvalue weighted by Crippen LogP contribution is -2.22. The Morgan fingerprint density at radius 3 is 2.36 bits per heavy atom. The average molecular weight is 390 g/mol. The summed E-state index contributed by atoms with van der Waals surface area (Å²) in [4.78, 5) is 29.7. The number of aromatic nitrogens is 2. The van der Waals surface area contributed by atoms with E-state index in [9.17, 15) is 9.59 Å². The zero-order valence-corrected chi connectivity index (χ0v) is 15.8. The smallest absolute Gasteiger partial charge is 0.265 e. The molecule has 1 aromatic heterocycles. The van der Waals surface area contributed by atoms with Crippen LogP contribution < -0.4 is 10.9 Å². The van der Waals surface area contributed by atoms with E-state index in [-0.39, 0.29) is 11.5 Å². The summed E-state index contributed by atoms with van der Waals surface area (Å²) in [6.45, 7) is 1.80. The SMILES string of the molecule is Cc1nc2ccccc2c(=O)n1-c1ccc(NC(=O)c2ccc(Cl)cc2)cc1. The van der Waals surface area contributed by atoms with E-state index in [0.29, 0.717) is 38.7 Å². The molecule has 4 aromatic rings. The monoisotopic (exact) mass is 389 g/mol. The quantitative estimate of drug-likeness (QED) is 0.557. The van der Waals surface area contributed by atoms with Gasteiger partial charge in [-0.1, -0.05) is 23.7 Å². The molecule has 3 aromatic carbocycles. The standard InChI is InChI=1S/C22H16ClN3O2/c1-14-24-20-5-3-2-4-19(20)22(28)26(14)18-12-10-17(11-13-18)25-21(27)15-6-8-16(23)9-7-15/h2-13H,1H3,(H,25,27). The molecule has 0 aliphatic carbocycles. The maximum Gasteiger partial charge on any atom is 0.265 e. The molecule has 0 fully saturated rings. The van der Waals surface area contributed by atoms with Crippen LogP contribution >= 0.6 is 11.6 Å². The molecule has 6 heteroatoms. The summed E-state index contributed by atoms with van der Waals surface area (Å²) in [6.07, 6.45) is 0. The first kappa shape index (κ1) is 17.9. The van der Waals surface area contributed by atoms with E-state index in [1.54, 1.807) is 66.1 Å². The van der Waals surface area contributed by atoms with Crippen molar-refractivity contribution in [2.75, 3.05) is 5.32 Å². The van der Waals surface area contributed by atoms with Gasteiger partial charge in [0.25, 0.3) is 11.5 Å². The number of aryl methyl sites for hydroxylation is 1. The van der Waals surface area contributed by atoms with Gasteiger partial charge in [0.1, 0.15) is 5.82 Å². The van der Waals surface area contributed by atoms with Gasteiger partial charge in [0.15, 0.2) is 0 Å². The molecule has 0 atom stereocenters. The van der Waals surface area contributed by atoms with Gasteiger partial charge in [0, 0.05) is 16.3 Å². The Morgan fingerprint density at radius 1 is 0.964 bits per heavy atom. The van der Waals surface area contributed by atoms with Crippen molar-refractivity contribution in [3.8, 4) is 5.69 Å². The van der Waals surface area contributed by atoms with Crippen LogP contribution in [0.3, 0.4) is 0 Å². The Hall–Kier alpha value is -3.44. The summed E-state index contributed by atoms with van der Waals surface area (Å²) in [5, 5.41) is 3.97. The molecule has 1 N–H and O–H groups in total. The molecule has 1 amide bonds. The molecule has 138 valence electrons. The van der Waals surface area contributed by atoms with Gasteiger partial charge in [-0.05, 0) is 67.6 Å². The van der Waals surface area contributed by atoms with E-state index < -0.39 is 0 Å². The third-order valence-electron chi connectivity index (χ3n) is 4.43. The Kier molecular flexibility index (Phi) is 4.67. The van der Waals surface area contributed by atoms with E-state index in [1.807, 2.05) is 18.2 Å². The lowest BCUT2D eigenvalue weighted by Gasteiger charge is -2.12. The number of carbonyl (C=O) groups is 1. The Labute approximate surface area is 166 Å². The molecule has 0 aliphatic rings. The summed E-state index contributed by atoms with van der Waals surface area (Å²) in [7, 11) is 0. The average Bonchev–Trinajstić information content (AvgIpc) is 2.70. The van der Waals surface area contributed by atoms with Gasteiger partial charge in [-0.2, -0.15) is 0 Å². The van der Waals surface area contributed by atoms with Crippen LogP contribution in [0.1, 0.15) is 16.2 Å². The van der Waals surface area contributed by atoms with Gasteiger partial charge in [-0.15, -0.1) is 0 Å². The molecule has 0 saturated carbocycles. The highest BCUT2D eigenvalue weighted by Crippen LogP contribution is 2.17. The molecule has 1 heterocycles. The van der Waals surface area contributed by atoms with Crippen molar-refractivity contribution >= 4 is 34.1 Å². The van der Waals surface area contributed by atoms with E-state index in [0.717, 1.165) is 0 Å². The number of hydrogen-bond acceptors (Lipinski definition) is 3. The summed E-state index contributed by atoms with van der Waals surface area (Å²) >= 11 is 5.85. The van der Waals surface area contributed by atoms with Crippen LogP contribution in [0.15, 0.2) is 77.6 Å². The minimum Gasteiger partial charge on any atom is -0.322 e. The minimum absolute atomic E-state index is 0.124. The number of carbonyl (C=O) groups excluding carboxylic acids is 1. The number of nitrogens with zero attached hydrogens (tertiary/aromatic N) is 2. The molecule has 0 unspecified atom stereocenters. The number of para-hydroxylation sites is 1. The topological polar surface area (TPSA) is 64.0 Å². The maximum atomic E-state index is 12.9. The van der Waals surface area contributed by atoms with Crippen LogP contribution in [-0.2, 0) is 0 Å². The van der Waals surface area contributed by atoms with Crippen molar-refractivity contribution in [3.63, 3.8) is 0 Å². The predicted molar refractivity (Wildman–Crippen MR) is 111 cm³/mol. The van der Waals surface area contributed by atoms with E-state index in [4.69, 9.17) is 11.6 Å². The van der Waals surface area contributed by atoms with E-state index in [2.05, 4.69) is 10.3 Å². The number of benzene rings is 3. The summed E-state index contributed by atoms with van der Waals surface area (Å²) in [5.41, 5.74) is 2.38. The lowest BCUT2D eigenvalue weighted by atomic mass is 10.2. The highest BCUT2D eigenvalue weighted by molar-refractivity contribution is 6.30. The van der Waals surface area contributed by atoms with Crippen molar-refractivity contribution in [1.82, 2.24) is 9.55 Å². The number of hydrogen-bond donors (Lipinski definition) is 1. The van der Waals surface area contributed by atoms with Crippen molar-refractivity contribution in [2.45, 2.75) is 6.92 Å². The summed E-state index contributed by atoms with van der Waals surface area (Å²) in [5.74, 6) is 0.367. The Bertz CT molecular complexity index is 1230. The first-order valence-corrected chi connectivity index (χ1v) is 9.06. The van der Waals surface area contributed by atoms with Gasteiger partial charge in [-0.3, -0.25) is 14.2 Å². The number of amides is 1. The van der Waals surface area contributed by atoms with Crippen LogP contribution in [0.2, 0.25) is 5.02 Å². The Balaban J connectivity index is 1.63. The molecule has 0 bridgehead atoms. The van der Waals surface area contributed by atoms with Crippen LogP contribution in [0.4, 0.5) is 5.69 Å². The molecule has 0 saturated heterocycles. The zero-order valence-electron chi connectivity index (χ0n) is 15.0. The second kappa shape index (κ2) is 7.29. The number of nitrogens with one attached hydrogen (secondary N) is 1. The van der Waals surface area contributed by atoms with Crippen LogP contribution in [-0.4, -0.2) is 15.5 Å². The predicted octanol–water partition coefficient (Wildman–Crippen LogP) is 4.60. The number of halogens is 1. The summed E-state index contributed by atoms with van der Waals surface area (Å²) < 4.78 is 1.56. The van der Waals surface area contributed by atoms with Crippen molar-refractivity contribution < 1.29 is 4.79 Å². The number of fused-ring (bicyclic) bond motifs is 1. The summed E-state index contributed by atoms with van der Waals surface area (Å²) in [6, 6.07) is 21.0. The second-order valence-corrected chi connectivity index (χ2v) is 6.76. The number of rotatable bonds is 3. The van der Waals surface area contributed by atoms with Crippen LogP contribution in [0, 0.1) is 6.92 Å². The van der Waals surface area contributed by atoms with Gasteiger partial charge in [0.2, 0.25) is 0 Å². The third kappa shape index (κ3) is 3.40. The Morgan fingerprint density at radius 2 is 1.64 bits per heavy atom. The van der Waals surface area contributed by atoms with E-state index in [1.165, 1.54) is 0 Å². The number of anilines is 1. The van der Waals surface area contributed by atoms with Gasteiger partial charge in [-0.25, -0.2) is 4.98 Å². The molecule has 4 rings (SSSR count). The molecular weight excluding hydrogens is 374 g/mol. The fraction of sp³-hybridized carbons (Fsp3) is 0.0455. The second-order valence-electron chi connectivity index (χ2n) is 6.32. The first-order valence-electron chi connectivity index (χ1n) is 8.69. The molecule has 0 spiro atoms. The molecular formula is C22H16ClN3O2. The van der Waals surface area contributed by atoms with Gasteiger partial charge in [0.05, 0.1) is 16.6 Å². The fourth-order valence-electron chi connectivity index (χ4n) is 3.05. The highest BCUT2D eigenvalue weighted by atomic mass is 35.5. The molecule has 0 radical (unpaired) electrons. The zero-order chi connectivity index (χ0) is 19.7. The van der Waals surface area contributed by atoms with Gasteiger partial charge >= 0.3 is 0 Å². The van der Waals surface area contributed by atoms with Crippen molar-refractivity contribution in [3.05, 3.63) is 99.6 Å². The normalized spacial score (nSPS) is 10.8. The van der Waals surface area contributed by atoms with E-state index >= 15 is 0 Å².